The summed E-state index contributed by atoms with van der Waals surface area (Å²) in [7, 11) is -4.00. The Kier molecular flexibility index (Phi) is 9.29. The fourth-order valence-electron chi connectivity index (χ4n) is 2.83. The summed E-state index contributed by atoms with van der Waals surface area (Å²) < 4.78 is 64.2. The zero-order valence-electron chi connectivity index (χ0n) is 17.6. The van der Waals surface area contributed by atoms with E-state index >= 15 is 0 Å². The monoisotopic (exact) mass is 508 g/mol. The van der Waals surface area contributed by atoms with Crippen LogP contribution in [0.4, 0.5) is 18.9 Å². The molecule has 0 saturated carbocycles. The molecule has 0 saturated heterocycles. The van der Waals surface area contributed by atoms with E-state index < -0.39 is 39.2 Å². The second-order valence-corrected chi connectivity index (χ2v) is 10.5. The van der Waals surface area contributed by atoms with Crippen LogP contribution < -0.4 is 9.62 Å². The zero-order chi connectivity index (χ0) is 23.9. The van der Waals surface area contributed by atoms with Crippen molar-refractivity contribution in [3.63, 3.8) is 0 Å². The number of amides is 1. The highest BCUT2D eigenvalue weighted by Crippen LogP contribution is 2.37. The number of anilines is 1. The quantitative estimate of drug-likeness (QED) is 0.465. The van der Waals surface area contributed by atoms with E-state index in [1.165, 1.54) is 11.1 Å². The maximum atomic E-state index is 13.1. The largest absolute Gasteiger partial charge is 0.417 e. The lowest BCUT2D eigenvalue weighted by Gasteiger charge is -2.23. The minimum absolute atomic E-state index is 0.284. The van der Waals surface area contributed by atoms with Crippen molar-refractivity contribution < 1.29 is 26.4 Å². The molecule has 1 N–H and O–H groups in total. The van der Waals surface area contributed by atoms with Crippen molar-refractivity contribution in [2.75, 3.05) is 29.4 Å². The summed E-state index contributed by atoms with van der Waals surface area (Å²) in [6.45, 7) is 1.74. The van der Waals surface area contributed by atoms with E-state index in [9.17, 15) is 26.4 Å². The molecule has 176 valence electrons. The number of halogens is 4. The van der Waals surface area contributed by atoms with Crippen LogP contribution in [0.3, 0.4) is 0 Å². The Morgan fingerprint density at radius 2 is 1.88 bits per heavy atom. The first-order valence-corrected chi connectivity index (χ1v) is 13.0. The second-order valence-electron chi connectivity index (χ2n) is 7.11. The number of benzene rings is 2. The molecule has 0 fully saturated rings. The molecule has 0 heterocycles. The molecule has 5 nitrogen and oxygen atoms in total. The van der Waals surface area contributed by atoms with E-state index in [2.05, 4.69) is 11.4 Å². The Morgan fingerprint density at radius 3 is 2.50 bits per heavy atom. The predicted octanol–water partition coefficient (Wildman–Crippen LogP) is 4.87. The number of rotatable bonds is 10. The average Bonchev–Trinajstić information content (AvgIpc) is 2.69. The minimum atomic E-state index is -4.76. The molecule has 0 bridgehead atoms. The lowest BCUT2D eigenvalue weighted by atomic mass is 10.1. The van der Waals surface area contributed by atoms with Gasteiger partial charge in [0.05, 0.1) is 22.5 Å². The highest BCUT2D eigenvalue weighted by atomic mass is 35.5. The fourth-order valence-corrected chi connectivity index (χ4v) is 4.94. The molecule has 1 amide bonds. The molecule has 2 aromatic rings. The van der Waals surface area contributed by atoms with Crippen molar-refractivity contribution in [1.29, 1.82) is 0 Å². The van der Waals surface area contributed by atoms with Gasteiger partial charge in [-0.3, -0.25) is 9.10 Å². The number of thioether (sulfide) groups is 1. The topological polar surface area (TPSA) is 66.5 Å². The van der Waals surface area contributed by atoms with Crippen LogP contribution in [0.5, 0.6) is 0 Å². The van der Waals surface area contributed by atoms with Gasteiger partial charge in [-0.25, -0.2) is 8.42 Å². The number of alkyl halides is 3. The van der Waals surface area contributed by atoms with Crippen LogP contribution in [-0.2, 0) is 26.7 Å². The Hall–Kier alpha value is -1.91. The highest BCUT2D eigenvalue weighted by molar-refractivity contribution is 7.98. The molecule has 2 rings (SSSR count). The molecule has 0 aliphatic carbocycles. The summed E-state index contributed by atoms with van der Waals surface area (Å²) in [5.74, 6) is 1.03. The number of aryl methyl sites for hydroxylation is 1. The standard InChI is InChI=1S/C21H24ClF3N2O3S2/c1-15-6-3-4-7-16(15)14-31-11-5-10-26-20(28)13-27(32(2,29)30)17-8-9-19(22)18(12-17)21(23,24)25/h3-4,6-9,12H,5,10-11,13-14H2,1-2H3,(H,26,28). The van der Waals surface area contributed by atoms with Crippen LogP contribution in [0, 0.1) is 6.92 Å². The molecule has 11 heteroatoms. The Morgan fingerprint density at radius 1 is 1.19 bits per heavy atom. The normalized spacial score (nSPS) is 11.9. The van der Waals surface area contributed by atoms with Crippen molar-refractivity contribution in [2.45, 2.75) is 25.3 Å². The molecule has 0 radical (unpaired) electrons. The summed E-state index contributed by atoms with van der Waals surface area (Å²) in [6.07, 6.45) is -3.26. The number of nitrogens with one attached hydrogen (secondary N) is 1. The summed E-state index contributed by atoms with van der Waals surface area (Å²) in [4.78, 5) is 12.2. The molecule has 0 aromatic heterocycles. The van der Waals surface area contributed by atoms with Gasteiger partial charge in [0.1, 0.15) is 6.54 Å². The number of hydrogen-bond acceptors (Lipinski definition) is 4. The molecule has 0 atom stereocenters. The van der Waals surface area contributed by atoms with Crippen molar-refractivity contribution in [3.8, 4) is 0 Å². The zero-order valence-corrected chi connectivity index (χ0v) is 20.0. The van der Waals surface area contributed by atoms with Gasteiger partial charge in [0, 0.05) is 12.3 Å². The Bertz CT molecular complexity index is 1050. The first-order chi connectivity index (χ1) is 14.9. The van der Waals surface area contributed by atoms with Gasteiger partial charge in [-0.1, -0.05) is 35.9 Å². The van der Waals surface area contributed by atoms with E-state index in [1.807, 2.05) is 25.1 Å². The number of carbonyl (C=O) groups is 1. The maximum Gasteiger partial charge on any atom is 0.417 e. The van der Waals surface area contributed by atoms with E-state index in [4.69, 9.17) is 11.6 Å². The number of nitrogens with zero attached hydrogens (tertiary/aromatic N) is 1. The lowest BCUT2D eigenvalue weighted by molar-refractivity contribution is -0.137. The smallest absolute Gasteiger partial charge is 0.354 e. The molecule has 2 aromatic carbocycles. The summed E-state index contributed by atoms with van der Waals surface area (Å²) in [6, 6.07) is 10.8. The van der Waals surface area contributed by atoms with Crippen LogP contribution in [0.2, 0.25) is 5.02 Å². The van der Waals surface area contributed by atoms with Crippen LogP contribution in [-0.4, -0.2) is 39.4 Å². The van der Waals surface area contributed by atoms with Gasteiger partial charge >= 0.3 is 6.18 Å². The Labute approximate surface area is 195 Å². The van der Waals surface area contributed by atoms with Gasteiger partial charge in [0.15, 0.2) is 0 Å². The molecular weight excluding hydrogens is 485 g/mol. The first kappa shape index (κ1) is 26.3. The number of hydrogen-bond donors (Lipinski definition) is 1. The van der Waals surface area contributed by atoms with Crippen LogP contribution in [0.15, 0.2) is 42.5 Å². The predicted molar refractivity (Wildman–Crippen MR) is 124 cm³/mol. The lowest BCUT2D eigenvalue weighted by Crippen LogP contribution is -2.40. The van der Waals surface area contributed by atoms with Gasteiger partial charge < -0.3 is 5.32 Å². The van der Waals surface area contributed by atoms with Gasteiger partial charge in [-0.15, -0.1) is 0 Å². The molecule has 32 heavy (non-hydrogen) atoms. The summed E-state index contributed by atoms with van der Waals surface area (Å²) in [5, 5.41) is 2.06. The number of carbonyl (C=O) groups excluding carboxylic acids is 1. The van der Waals surface area contributed by atoms with E-state index in [1.54, 1.807) is 11.8 Å². The van der Waals surface area contributed by atoms with Crippen LogP contribution in [0.1, 0.15) is 23.1 Å². The van der Waals surface area contributed by atoms with Crippen LogP contribution in [0.25, 0.3) is 0 Å². The molecular formula is C21H24ClF3N2O3S2. The van der Waals surface area contributed by atoms with Gasteiger partial charge in [0.25, 0.3) is 0 Å². The maximum absolute atomic E-state index is 13.1. The van der Waals surface area contributed by atoms with Gasteiger partial charge in [-0.05, 0) is 48.4 Å². The fraction of sp³-hybridized carbons (Fsp3) is 0.381. The first-order valence-electron chi connectivity index (χ1n) is 9.63. The van der Waals surface area contributed by atoms with Crippen molar-refractivity contribution in [2.24, 2.45) is 0 Å². The minimum Gasteiger partial charge on any atom is -0.354 e. The van der Waals surface area contributed by atoms with Crippen molar-refractivity contribution in [3.05, 3.63) is 64.2 Å². The molecule has 0 spiro atoms. The second kappa shape index (κ2) is 11.3. The third-order valence-electron chi connectivity index (χ3n) is 4.54. The van der Waals surface area contributed by atoms with Crippen molar-refractivity contribution in [1.82, 2.24) is 5.32 Å². The third kappa shape index (κ3) is 7.90. The summed E-state index contributed by atoms with van der Waals surface area (Å²) >= 11 is 7.31. The summed E-state index contributed by atoms with van der Waals surface area (Å²) in [5.41, 5.74) is 1.00. The van der Waals surface area contributed by atoms with E-state index in [0.717, 1.165) is 29.9 Å². The number of sulfonamides is 1. The Balaban J connectivity index is 1.91. The molecule has 0 aliphatic rings. The van der Waals surface area contributed by atoms with Gasteiger partial charge in [-0.2, -0.15) is 24.9 Å². The average molecular weight is 509 g/mol. The molecule has 0 unspecified atom stereocenters. The van der Waals surface area contributed by atoms with Crippen LogP contribution >= 0.6 is 23.4 Å². The van der Waals surface area contributed by atoms with Crippen molar-refractivity contribution >= 4 is 45.0 Å². The third-order valence-corrected chi connectivity index (χ3v) is 7.10. The highest BCUT2D eigenvalue weighted by Gasteiger charge is 2.34. The molecule has 0 aliphatic heterocycles. The van der Waals surface area contributed by atoms with E-state index in [0.29, 0.717) is 23.3 Å². The van der Waals surface area contributed by atoms with Gasteiger partial charge in [0.2, 0.25) is 15.9 Å². The SMILES string of the molecule is Cc1ccccc1CSCCCNC(=O)CN(c1ccc(Cl)c(C(F)(F)F)c1)S(C)(=O)=O. The van der Waals surface area contributed by atoms with E-state index in [-0.39, 0.29) is 5.69 Å².